The number of halogens is 1. The summed E-state index contributed by atoms with van der Waals surface area (Å²) in [7, 11) is 1.63. The van der Waals surface area contributed by atoms with Gasteiger partial charge in [0.05, 0.1) is 13.2 Å². The maximum atomic E-state index is 8.48. The number of nitrogens with zero attached hydrogens (tertiary/aromatic N) is 1. The SMILES string of the molecule is COc1cc(CCC#N)c(Cl)cc1C. The lowest BCUT2D eigenvalue weighted by Crippen LogP contribution is -1.92. The molecule has 3 heteroatoms. The molecule has 0 N–H and O–H groups in total. The Morgan fingerprint density at radius 1 is 1.50 bits per heavy atom. The van der Waals surface area contributed by atoms with Gasteiger partial charge in [0.15, 0.2) is 0 Å². The molecule has 0 aliphatic carbocycles. The average Bonchev–Trinajstić information content (AvgIpc) is 2.17. The van der Waals surface area contributed by atoms with Crippen LogP contribution < -0.4 is 4.74 Å². The van der Waals surface area contributed by atoms with Gasteiger partial charge in [-0.25, -0.2) is 0 Å². The summed E-state index contributed by atoms with van der Waals surface area (Å²) in [5.74, 6) is 0.822. The Morgan fingerprint density at radius 2 is 2.21 bits per heavy atom. The van der Waals surface area contributed by atoms with Crippen molar-refractivity contribution in [2.24, 2.45) is 0 Å². The monoisotopic (exact) mass is 209 g/mol. The van der Waals surface area contributed by atoms with Crippen LogP contribution >= 0.6 is 11.6 Å². The van der Waals surface area contributed by atoms with Crippen LogP contribution in [0.25, 0.3) is 0 Å². The predicted octanol–water partition coefficient (Wildman–Crippen LogP) is 3.11. The number of rotatable bonds is 3. The Morgan fingerprint density at radius 3 is 2.79 bits per heavy atom. The number of benzene rings is 1. The zero-order chi connectivity index (χ0) is 10.6. The third-order valence-electron chi connectivity index (χ3n) is 2.07. The highest BCUT2D eigenvalue weighted by Gasteiger charge is 2.05. The molecule has 1 aromatic carbocycles. The minimum absolute atomic E-state index is 0.478. The van der Waals surface area contributed by atoms with E-state index in [9.17, 15) is 0 Å². The zero-order valence-corrected chi connectivity index (χ0v) is 9.06. The summed E-state index contributed by atoms with van der Waals surface area (Å²) in [5, 5.41) is 9.18. The maximum Gasteiger partial charge on any atom is 0.122 e. The van der Waals surface area contributed by atoms with Crippen LogP contribution in [-0.2, 0) is 6.42 Å². The number of ether oxygens (including phenoxy) is 1. The molecule has 0 heterocycles. The van der Waals surface area contributed by atoms with Gasteiger partial charge in [-0.2, -0.15) is 5.26 Å². The van der Waals surface area contributed by atoms with E-state index in [0.29, 0.717) is 17.9 Å². The Bertz CT molecular complexity index is 368. The van der Waals surface area contributed by atoms with Gasteiger partial charge < -0.3 is 4.74 Å². The number of hydrogen-bond donors (Lipinski definition) is 0. The molecule has 0 atom stereocenters. The maximum absolute atomic E-state index is 8.48. The van der Waals surface area contributed by atoms with E-state index in [0.717, 1.165) is 16.9 Å². The number of methoxy groups -OCH3 is 1. The molecule has 1 rings (SSSR count). The van der Waals surface area contributed by atoms with Crippen LogP contribution in [0.1, 0.15) is 17.5 Å². The zero-order valence-electron chi connectivity index (χ0n) is 8.30. The van der Waals surface area contributed by atoms with Crippen molar-refractivity contribution in [2.75, 3.05) is 7.11 Å². The van der Waals surface area contributed by atoms with Gasteiger partial charge in [0, 0.05) is 11.4 Å². The van der Waals surface area contributed by atoms with Crippen LogP contribution in [0, 0.1) is 18.3 Å². The first-order chi connectivity index (χ1) is 6.69. The third-order valence-corrected chi connectivity index (χ3v) is 2.42. The van der Waals surface area contributed by atoms with Crippen molar-refractivity contribution in [3.63, 3.8) is 0 Å². The van der Waals surface area contributed by atoms with Crippen LogP contribution in [0.2, 0.25) is 5.02 Å². The molecule has 0 saturated carbocycles. The standard InChI is InChI=1S/C11H12ClNO/c1-8-6-10(12)9(4-3-5-13)7-11(8)14-2/h6-7H,3-4H2,1-2H3. The van der Waals surface area contributed by atoms with Crippen LogP contribution in [0.15, 0.2) is 12.1 Å². The van der Waals surface area contributed by atoms with E-state index in [-0.39, 0.29) is 0 Å². The van der Waals surface area contributed by atoms with Gasteiger partial charge >= 0.3 is 0 Å². The Balaban J connectivity index is 2.99. The largest absolute Gasteiger partial charge is 0.496 e. The lowest BCUT2D eigenvalue weighted by molar-refractivity contribution is 0.411. The van der Waals surface area contributed by atoms with Crippen LogP contribution in [-0.4, -0.2) is 7.11 Å². The summed E-state index contributed by atoms with van der Waals surface area (Å²) in [5.41, 5.74) is 1.98. The number of aryl methyl sites for hydroxylation is 2. The van der Waals surface area contributed by atoms with Crippen molar-refractivity contribution in [3.05, 3.63) is 28.3 Å². The van der Waals surface area contributed by atoms with Crippen molar-refractivity contribution < 1.29 is 4.74 Å². The summed E-state index contributed by atoms with van der Waals surface area (Å²) in [6.07, 6.45) is 1.15. The molecule has 0 unspecified atom stereocenters. The molecular formula is C11H12ClNO. The Kier molecular flexibility index (Phi) is 3.79. The minimum atomic E-state index is 0.478. The summed E-state index contributed by atoms with van der Waals surface area (Å²) in [6.45, 7) is 1.94. The van der Waals surface area contributed by atoms with Gasteiger partial charge in [-0.3, -0.25) is 0 Å². The lowest BCUT2D eigenvalue weighted by Gasteiger charge is -2.08. The van der Waals surface area contributed by atoms with E-state index >= 15 is 0 Å². The fourth-order valence-electron chi connectivity index (χ4n) is 1.30. The second-order valence-electron chi connectivity index (χ2n) is 3.07. The summed E-state index contributed by atoms with van der Waals surface area (Å²) in [6, 6.07) is 5.86. The summed E-state index contributed by atoms with van der Waals surface area (Å²) < 4.78 is 5.18. The minimum Gasteiger partial charge on any atom is -0.496 e. The molecule has 0 amide bonds. The average molecular weight is 210 g/mol. The molecule has 74 valence electrons. The molecule has 0 fully saturated rings. The molecule has 0 saturated heterocycles. The highest BCUT2D eigenvalue weighted by atomic mass is 35.5. The van der Waals surface area contributed by atoms with Crippen molar-refractivity contribution in [2.45, 2.75) is 19.8 Å². The Hall–Kier alpha value is -1.20. The van der Waals surface area contributed by atoms with Gasteiger partial charge in [-0.05, 0) is 36.6 Å². The lowest BCUT2D eigenvalue weighted by atomic mass is 10.1. The van der Waals surface area contributed by atoms with Gasteiger partial charge in [-0.1, -0.05) is 11.6 Å². The first-order valence-electron chi connectivity index (χ1n) is 4.39. The highest BCUT2D eigenvalue weighted by molar-refractivity contribution is 6.31. The molecule has 0 radical (unpaired) electrons. The fourth-order valence-corrected chi connectivity index (χ4v) is 1.61. The van der Waals surface area contributed by atoms with Gasteiger partial charge in [0.2, 0.25) is 0 Å². The van der Waals surface area contributed by atoms with Crippen molar-refractivity contribution in [3.8, 4) is 11.8 Å². The topological polar surface area (TPSA) is 33.0 Å². The van der Waals surface area contributed by atoms with Gasteiger partial charge in [0.1, 0.15) is 5.75 Å². The summed E-state index contributed by atoms with van der Waals surface area (Å²) >= 11 is 6.03. The highest BCUT2D eigenvalue weighted by Crippen LogP contribution is 2.27. The molecule has 0 bridgehead atoms. The molecule has 0 aliphatic heterocycles. The quantitative estimate of drug-likeness (QED) is 0.767. The van der Waals surface area contributed by atoms with Crippen molar-refractivity contribution in [1.82, 2.24) is 0 Å². The fraction of sp³-hybridized carbons (Fsp3) is 0.364. The van der Waals surface area contributed by atoms with Crippen molar-refractivity contribution >= 4 is 11.6 Å². The van der Waals surface area contributed by atoms with Crippen molar-refractivity contribution in [1.29, 1.82) is 5.26 Å². The van der Waals surface area contributed by atoms with E-state index < -0.39 is 0 Å². The number of nitriles is 1. The third kappa shape index (κ3) is 2.40. The van der Waals surface area contributed by atoms with E-state index in [1.807, 2.05) is 19.1 Å². The van der Waals surface area contributed by atoms with E-state index in [4.69, 9.17) is 21.6 Å². The smallest absolute Gasteiger partial charge is 0.122 e. The van der Waals surface area contributed by atoms with Gasteiger partial charge in [-0.15, -0.1) is 0 Å². The number of hydrogen-bond acceptors (Lipinski definition) is 2. The van der Waals surface area contributed by atoms with Gasteiger partial charge in [0.25, 0.3) is 0 Å². The molecule has 14 heavy (non-hydrogen) atoms. The predicted molar refractivity (Wildman–Crippen MR) is 56.7 cm³/mol. The molecule has 0 spiro atoms. The first-order valence-corrected chi connectivity index (χ1v) is 4.76. The van der Waals surface area contributed by atoms with E-state index in [1.165, 1.54) is 0 Å². The Labute approximate surface area is 89.1 Å². The molecule has 0 aromatic heterocycles. The van der Waals surface area contributed by atoms with Crippen LogP contribution in [0.3, 0.4) is 0 Å². The second-order valence-corrected chi connectivity index (χ2v) is 3.48. The molecule has 0 aliphatic rings. The molecule has 2 nitrogen and oxygen atoms in total. The first kappa shape index (κ1) is 10.9. The van der Waals surface area contributed by atoms with Crippen LogP contribution in [0.4, 0.5) is 0 Å². The summed E-state index contributed by atoms with van der Waals surface area (Å²) in [4.78, 5) is 0. The van der Waals surface area contributed by atoms with E-state index in [1.54, 1.807) is 7.11 Å². The molecular weight excluding hydrogens is 198 g/mol. The second kappa shape index (κ2) is 4.88. The molecule has 1 aromatic rings. The van der Waals surface area contributed by atoms with E-state index in [2.05, 4.69) is 6.07 Å². The normalized spacial score (nSPS) is 9.57. The van der Waals surface area contributed by atoms with Crippen LogP contribution in [0.5, 0.6) is 5.75 Å².